The summed E-state index contributed by atoms with van der Waals surface area (Å²) in [6.45, 7) is 0.720. The van der Waals surface area contributed by atoms with Crippen molar-refractivity contribution in [2.75, 3.05) is 6.61 Å². The number of aromatic nitrogens is 2. The number of benzene rings is 1. The summed E-state index contributed by atoms with van der Waals surface area (Å²) in [4.78, 5) is 10.5. The first kappa shape index (κ1) is 12.8. The second-order valence-electron chi connectivity index (χ2n) is 4.52. The van der Waals surface area contributed by atoms with Gasteiger partial charge in [0.25, 0.3) is 5.69 Å². The number of rotatable bonds is 2. The second kappa shape index (κ2) is 5.04. The van der Waals surface area contributed by atoms with Crippen LogP contribution in [0.5, 0.6) is 0 Å². The van der Waals surface area contributed by atoms with Gasteiger partial charge in [0.15, 0.2) is 6.23 Å². The van der Waals surface area contributed by atoms with Gasteiger partial charge in [-0.05, 0) is 47.9 Å². The first-order valence-electron chi connectivity index (χ1n) is 6.10. The molecule has 0 aliphatic carbocycles. The van der Waals surface area contributed by atoms with Crippen molar-refractivity contribution in [3.8, 4) is 0 Å². The van der Waals surface area contributed by atoms with E-state index in [0.29, 0.717) is 0 Å². The normalized spacial score (nSPS) is 19.7. The third kappa shape index (κ3) is 2.32. The minimum Gasteiger partial charge on any atom is -0.356 e. The van der Waals surface area contributed by atoms with Gasteiger partial charge in [-0.2, -0.15) is 5.10 Å². The monoisotopic (exact) mass is 373 g/mol. The summed E-state index contributed by atoms with van der Waals surface area (Å²) in [5, 5.41) is 16.3. The van der Waals surface area contributed by atoms with E-state index >= 15 is 0 Å². The molecule has 0 amide bonds. The molecule has 0 unspecified atom stereocenters. The van der Waals surface area contributed by atoms with Crippen LogP contribution in [0.4, 0.5) is 5.69 Å². The number of ether oxygens (including phenoxy) is 1. The summed E-state index contributed by atoms with van der Waals surface area (Å²) >= 11 is 2.15. The highest BCUT2D eigenvalue weighted by molar-refractivity contribution is 14.1. The Labute approximate surface area is 123 Å². The summed E-state index contributed by atoms with van der Waals surface area (Å²) < 4.78 is 8.34. The van der Waals surface area contributed by atoms with Crippen molar-refractivity contribution in [1.29, 1.82) is 0 Å². The zero-order chi connectivity index (χ0) is 13.4. The van der Waals surface area contributed by atoms with Crippen molar-refractivity contribution in [3.63, 3.8) is 0 Å². The Morgan fingerprint density at radius 2 is 2.32 bits per heavy atom. The Morgan fingerprint density at radius 3 is 3.00 bits per heavy atom. The molecule has 0 N–H and O–H groups in total. The third-order valence-corrected chi connectivity index (χ3v) is 4.08. The fourth-order valence-corrected chi connectivity index (χ4v) is 3.02. The molecule has 0 saturated carbocycles. The molecular weight excluding hydrogens is 361 g/mol. The molecule has 1 aliphatic rings. The fourth-order valence-electron chi connectivity index (χ4n) is 2.34. The number of fused-ring (bicyclic) bond motifs is 1. The van der Waals surface area contributed by atoms with Crippen LogP contribution in [0.15, 0.2) is 18.2 Å². The molecule has 2 aromatic rings. The minimum atomic E-state index is -0.384. The smallest absolute Gasteiger partial charge is 0.271 e. The summed E-state index contributed by atoms with van der Waals surface area (Å²) in [7, 11) is 0. The lowest BCUT2D eigenvalue weighted by Crippen LogP contribution is -2.19. The van der Waals surface area contributed by atoms with E-state index in [4.69, 9.17) is 4.74 Å². The highest BCUT2D eigenvalue weighted by Gasteiger charge is 2.21. The fraction of sp³-hybridized carbons (Fsp3) is 0.417. The highest BCUT2D eigenvalue weighted by Crippen LogP contribution is 2.30. The van der Waals surface area contributed by atoms with Gasteiger partial charge in [0.1, 0.15) is 3.70 Å². The Bertz CT molecular complexity index is 634. The van der Waals surface area contributed by atoms with E-state index in [-0.39, 0.29) is 16.8 Å². The number of nitro groups is 1. The van der Waals surface area contributed by atoms with Crippen LogP contribution in [0.1, 0.15) is 25.5 Å². The largest absolute Gasteiger partial charge is 0.356 e. The molecular formula is C12H12IN3O3. The zero-order valence-electron chi connectivity index (χ0n) is 10.1. The van der Waals surface area contributed by atoms with Gasteiger partial charge in [-0.1, -0.05) is 0 Å². The maximum Gasteiger partial charge on any atom is 0.271 e. The van der Waals surface area contributed by atoms with E-state index in [1.807, 2.05) is 0 Å². The molecule has 1 aromatic carbocycles. The number of hydrogen-bond acceptors (Lipinski definition) is 4. The van der Waals surface area contributed by atoms with Crippen LogP contribution >= 0.6 is 22.6 Å². The molecule has 1 aromatic heterocycles. The van der Waals surface area contributed by atoms with Crippen molar-refractivity contribution in [3.05, 3.63) is 32.0 Å². The van der Waals surface area contributed by atoms with E-state index in [2.05, 4.69) is 27.7 Å². The van der Waals surface area contributed by atoms with Crippen LogP contribution in [0.3, 0.4) is 0 Å². The van der Waals surface area contributed by atoms with Crippen molar-refractivity contribution < 1.29 is 9.66 Å². The Kier molecular flexibility index (Phi) is 3.40. The molecule has 6 nitrogen and oxygen atoms in total. The predicted molar refractivity (Wildman–Crippen MR) is 77.9 cm³/mol. The van der Waals surface area contributed by atoms with E-state index in [9.17, 15) is 10.1 Å². The van der Waals surface area contributed by atoms with Crippen LogP contribution in [0, 0.1) is 13.8 Å². The Hall–Kier alpha value is -1.22. The van der Waals surface area contributed by atoms with Gasteiger partial charge in [-0.15, -0.1) is 0 Å². The van der Waals surface area contributed by atoms with Gasteiger partial charge in [0.2, 0.25) is 0 Å². The number of hydrogen-bond donors (Lipinski definition) is 0. The molecule has 7 heteroatoms. The number of nitrogens with zero attached hydrogens (tertiary/aromatic N) is 3. The lowest BCUT2D eigenvalue weighted by Gasteiger charge is -2.23. The van der Waals surface area contributed by atoms with Gasteiger partial charge >= 0.3 is 0 Å². The lowest BCUT2D eigenvalue weighted by atomic mass is 10.2. The standard InChI is InChI=1S/C12H12IN3O3/c13-12-9-5-4-8(16(17)18)7-10(9)15(14-12)11-3-1-2-6-19-11/h4-5,7,11H,1-3,6H2/t11-/m0/s1. The van der Waals surface area contributed by atoms with Gasteiger partial charge in [-0.25, -0.2) is 4.68 Å². The first-order chi connectivity index (χ1) is 9.16. The van der Waals surface area contributed by atoms with Crippen molar-refractivity contribution >= 4 is 39.2 Å². The van der Waals surface area contributed by atoms with Crippen LogP contribution in [-0.4, -0.2) is 21.3 Å². The molecule has 3 rings (SSSR count). The van der Waals surface area contributed by atoms with Gasteiger partial charge in [0.05, 0.1) is 10.4 Å². The molecule has 19 heavy (non-hydrogen) atoms. The zero-order valence-corrected chi connectivity index (χ0v) is 12.2. The van der Waals surface area contributed by atoms with Crippen LogP contribution in [0.2, 0.25) is 0 Å². The molecule has 0 radical (unpaired) electrons. The molecule has 1 fully saturated rings. The molecule has 100 valence electrons. The van der Waals surface area contributed by atoms with Crippen molar-refractivity contribution in [1.82, 2.24) is 9.78 Å². The topological polar surface area (TPSA) is 70.2 Å². The van der Waals surface area contributed by atoms with E-state index < -0.39 is 0 Å². The average molecular weight is 373 g/mol. The van der Waals surface area contributed by atoms with Crippen molar-refractivity contribution in [2.24, 2.45) is 0 Å². The molecule has 1 atom stereocenters. The molecule has 0 bridgehead atoms. The van der Waals surface area contributed by atoms with Gasteiger partial charge in [0, 0.05) is 24.1 Å². The van der Waals surface area contributed by atoms with E-state index in [1.54, 1.807) is 16.8 Å². The van der Waals surface area contributed by atoms with E-state index in [0.717, 1.165) is 40.5 Å². The van der Waals surface area contributed by atoms with Crippen LogP contribution < -0.4 is 0 Å². The molecule has 1 aliphatic heterocycles. The summed E-state index contributed by atoms with van der Waals surface area (Å²) in [5.41, 5.74) is 0.853. The minimum absolute atomic E-state index is 0.0841. The number of halogens is 1. The summed E-state index contributed by atoms with van der Waals surface area (Å²) in [6.07, 6.45) is 2.95. The highest BCUT2D eigenvalue weighted by atomic mass is 127. The summed E-state index contributed by atoms with van der Waals surface area (Å²) in [5.74, 6) is 0. The quantitative estimate of drug-likeness (QED) is 0.460. The van der Waals surface area contributed by atoms with Crippen LogP contribution in [0.25, 0.3) is 10.9 Å². The number of nitro benzene ring substituents is 1. The molecule has 2 heterocycles. The van der Waals surface area contributed by atoms with Gasteiger partial charge < -0.3 is 4.74 Å². The Morgan fingerprint density at radius 1 is 1.47 bits per heavy atom. The van der Waals surface area contributed by atoms with Crippen molar-refractivity contribution in [2.45, 2.75) is 25.5 Å². The third-order valence-electron chi connectivity index (χ3n) is 3.29. The SMILES string of the molecule is O=[N+]([O-])c1ccc2c(I)nn([C@@H]3CCCCO3)c2c1. The number of non-ortho nitro benzene ring substituents is 1. The lowest BCUT2D eigenvalue weighted by molar-refractivity contribution is -0.384. The molecule has 0 spiro atoms. The van der Waals surface area contributed by atoms with E-state index in [1.165, 1.54) is 6.07 Å². The second-order valence-corrected chi connectivity index (χ2v) is 5.54. The maximum atomic E-state index is 10.9. The van der Waals surface area contributed by atoms with Crippen LogP contribution in [-0.2, 0) is 4.74 Å². The average Bonchev–Trinajstić information content (AvgIpc) is 2.77. The maximum absolute atomic E-state index is 10.9. The molecule has 1 saturated heterocycles. The Balaban J connectivity index is 2.12. The van der Waals surface area contributed by atoms with Gasteiger partial charge in [-0.3, -0.25) is 10.1 Å². The summed E-state index contributed by atoms with van der Waals surface area (Å²) in [6, 6.07) is 4.84. The first-order valence-corrected chi connectivity index (χ1v) is 7.18. The predicted octanol–water partition coefficient (Wildman–Crippen LogP) is 3.25.